The zero-order chi connectivity index (χ0) is 9.40. The molecule has 0 bridgehead atoms. The molecule has 0 spiro atoms. The molecule has 0 aliphatic carbocycles. The number of aldehydes is 1. The van der Waals surface area contributed by atoms with E-state index in [0.29, 0.717) is 6.42 Å². The standard InChI is InChI=1S/C8H14O2S2/c1-7(5-9)6-12-11-4-3-8(2)10/h5,7H,3-4,6H2,1-2H3. The second kappa shape index (κ2) is 7.68. The van der Waals surface area contributed by atoms with Crippen LogP contribution in [0.4, 0.5) is 0 Å². The van der Waals surface area contributed by atoms with Crippen LogP contribution in [0.25, 0.3) is 0 Å². The number of Topliss-reactive ketones (excluding diaryl/α,β-unsaturated/α-hetero) is 1. The lowest BCUT2D eigenvalue weighted by molar-refractivity contribution is -0.116. The maximum Gasteiger partial charge on any atom is 0.130 e. The molecule has 0 N–H and O–H groups in total. The molecule has 70 valence electrons. The molecule has 0 aliphatic rings. The monoisotopic (exact) mass is 206 g/mol. The van der Waals surface area contributed by atoms with E-state index in [1.807, 2.05) is 6.92 Å². The number of hydrogen-bond acceptors (Lipinski definition) is 4. The van der Waals surface area contributed by atoms with Gasteiger partial charge in [0.2, 0.25) is 0 Å². The first kappa shape index (κ1) is 12.0. The van der Waals surface area contributed by atoms with E-state index in [4.69, 9.17) is 0 Å². The van der Waals surface area contributed by atoms with Crippen molar-refractivity contribution in [3.8, 4) is 0 Å². The first-order chi connectivity index (χ1) is 5.66. The molecule has 0 amide bonds. The third-order valence-electron chi connectivity index (χ3n) is 1.18. The van der Waals surface area contributed by atoms with Crippen molar-refractivity contribution in [2.24, 2.45) is 5.92 Å². The Hall–Kier alpha value is 0.0400. The molecule has 1 unspecified atom stereocenters. The maximum absolute atomic E-state index is 10.5. The summed E-state index contributed by atoms with van der Waals surface area (Å²) in [5.41, 5.74) is 0. The van der Waals surface area contributed by atoms with Gasteiger partial charge in [0.05, 0.1) is 0 Å². The lowest BCUT2D eigenvalue weighted by Crippen LogP contribution is -1.97. The van der Waals surface area contributed by atoms with Crippen molar-refractivity contribution < 1.29 is 9.59 Å². The van der Waals surface area contributed by atoms with Gasteiger partial charge in [0, 0.05) is 23.8 Å². The smallest absolute Gasteiger partial charge is 0.130 e. The van der Waals surface area contributed by atoms with Crippen molar-refractivity contribution in [3.63, 3.8) is 0 Å². The molecule has 0 aliphatic heterocycles. The molecule has 0 rings (SSSR count). The summed E-state index contributed by atoms with van der Waals surface area (Å²) in [6.45, 7) is 3.49. The fraction of sp³-hybridized carbons (Fsp3) is 0.750. The number of carbonyl (C=O) groups excluding carboxylic acids is 2. The van der Waals surface area contributed by atoms with Gasteiger partial charge in [-0.05, 0) is 6.92 Å². The van der Waals surface area contributed by atoms with Crippen LogP contribution >= 0.6 is 21.6 Å². The van der Waals surface area contributed by atoms with Crippen LogP contribution in [0.3, 0.4) is 0 Å². The predicted octanol–water partition coefficient (Wildman–Crippen LogP) is 2.18. The van der Waals surface area contributed by atoms with Crippen LogP contribution in [-0.2, 0) is 9.59 Å². The summed E-state index contributed by atoms with van der Waals surface area (Å²) in [5, 5.41) is 0. The van der Waals surface area contributed by atoms with E-state index in [9.17, 15) is 9.59 Å². The van der Waals surface area contributed by atoms with Gasteiger partial charge in [-0.2, -0.15) is 0 Å². The molecular formula is C8H14O2S2. The highest BCUT2D eigenvalue weighted by molar-refractivity contribution is 8.76. The molecule has 0 saturated heterocycles. The fourth-order valence-electron chi connectivity index (χ4n) is 0.439. The van der Waals surface area contributed by atoms with Gasteiger partial charge >= 0.3 is 0 Å². The molecule has 0 heterocycles. The van der Waals surface area contributed by atoms with Crippen LogP contribution in [0, 0.1) is 5.92 Å². The molecule has 0 aromatic carbocycles. The number of rotatable bonds is 7. The third kappa shape index (κ3) is 8.14. The molecule has 0 aromatic rings. The van der Waals surface area contributed by atoms with Gasteiger partial charge in [0.25, 0.3) is 0 Å². The van der Waals surface area contributed by atoms with Crippen LogP contribution < -0.4 is 0 Å². The van der Waals surface area contributed by atoms with E-state index in [-0.39, 0.29) is 11.7 Å². The highest BCUT2D eigenvalue weighted by atomic mass is 33.1. The minimum absolute atomic E-state index is 0.125. The Labute approximate surface area is 81.3 Å². The van der Waals surface area contributed by atoms with Gasteiger partial charge in [-0.3, -0.25) is 4.79 Å². The number of carbonyl (C=O) groups is 2. The summed E-state index contributed by atoms with van der Waals surface area (Å²) >= 11 is 0. The second-order valence-electron chi connectivity index (χ2n) is 2.67. The van der Waals surface area contributed by atoms with E-state index in [1.54, 1.807) is 28.5 Å². The quantitative estimate of drug-likeness (QED) is 0.363. The van der Waals surface area contributed by atoms with Gasteiger partial charge in [0.1, 0.15) is 12.1 Å². The molecule has 2 nitrogen and oxygen atoms in total. The van der Waals surface area contributed by atoms with E-state index in [2.05, 4.69) is 0 Å². The summed E-state index contributed by atoms with van der Waals surface area (Å²) in [7, 11) is 3.32. The summed E-state index contributed by atoms with van der Waals surface area (Å²) in [5.74, 6) is 2.05. The molecule has 1 atom stereocenters. The van der Waals surface area contributed by atoms with E-state index < -0.39 is 0 Å². The molecule has 0 saturated carbocycles. The average Bonchev–Trinajstić information content (AvgIpc) is 2.03. The largest absolute Gasteiger partial charge is 0.303 e. The van der Waals surface area contributed by atoms with Gasteiger partial charge in [-0.1, -0.05) is 28.5 Å². The SMILES string of the molecule is CC(=O)CCSSCC(C)C=O. The molecule has 0 aromatic heterocycles. The van der Waals surface area contributed by atoms with Crippen LogP contribution in [0.2, 0.25) is 0 Å². The van der Waals surface area contributed by atoms with Crippen molar-refractivity contribution in [2.75, 3.05) is 11.5 Å². The number of ketones is 1. The van der Waals surface area contributed by atoms with Crippen molar-refractivity contribution in [1.29, 1.82) is 0 Å². The van der Waals surface area contributed by atoms with Crippen molar-refractivity contribution in [1.82, 2.24) is 0 Å². The first-order valence-corrected chi connectivity index (χ1v) is 6.34. The van der Waals surface area contributed by atoms with Gasteiger partial charge in [-0.25, -0.2) is 0 Å². The van der Waals surface area contributed by atoms with Crippen molar-refractivity contribution >= 4 is 33.7 Å². The van der Waals surface area contributed by atoms with Gasteiger partial charge < -0.3 is 4.79 Å². The molecular weight excluding hydrogens is 192 g/mol. The fourth-order valence-corrected chi connectivity index (χ4v) is 2.85. The highest BCUT2D eigenvalue weighted by Gasteiger charge is 2.00. The lowest BCUT2D eigenvalue weighted by Gasteiger charge is -2.01. The van der Waals surface area contributed by atoms with Crippen molar-refractivity contribution in [2.45, 2.75) is 20.3 Å². The zero-order valence-electron chi connectivity index (χ0n) is 7.41. The third-order valence-corrected chi connectivity index (χ3v) is 3.79. The molecule has 4 heteroatoms. The molecule has 0 radical (unpaired) electrons. The Morgan fingerprint density at radius 1 is 1.50 bits per heavy atom. The Morgan fingerprint density at radius 2 is 2.17 bits per heavy atom. The number of hydrogen-bond donors (Lipinski definition) is 0. The minimum Gasteiger partial charge on any atom is -0.303 e. The van der Waals surface area contributed by atoms with E-state index >= 15 is 0 Å². The predicted molar refractivity (Wildman–Crippen MR) is 55.4 cm³/mol. The zero-order valence-corrected chi connectivity index (χ0v) is 9.04. The van der Waals surface area contributed by atoms with Crippen LogP contribution in [-0.4, -0.2) is 23.6 Å². The van der Waals surface area contributed by atoms with Crippen LogP contribution in [0.15, 0.2) is 0 Å². The van der Waals surface area contributed by atoms with Crippen LogP contribution in [0.5, 0.6) is 0 Å². The Kier molecular flexibility index (Phi) is 7.70. The lowest BCUT2D eigenvalue weighted by atomic mass is 10.3. The Bertz CT molecular complexity index is 148. The normalized spacial score (nSPS) is 12.5. The first-order valence-electron chi connectivity index (χ1n) is 3.86. The Morgan fingerprint density at radius 3 is 2.67 bits per heavy atom. The molecule has 0 fully saturated rings. The summed E-state index contributed by atoms with van der Waals surface area (Å²) in [4.78, 5) is 20.7. The summed E-state index contributed by atoms with van der Waals surface area (Å²) in [6, 6.07) is 0. The van der Waals surface area contributed by atoms with E-state index in [0.717, 1.165) is 17.8 Å². The minimum atomic E-state index is 0.125. The van der Waals surface area contributed by atoms with Gasteiger partial charge in [-0.15, -0.1) is 0 Å². The maximum atomic E-state index is 10.5. The van der Waals surface area contributed by atoms with Gasteiger partial charge in [0.15, 0.2) is 0 Å². The highest BCUT2D eigenvalue weighted by Crippen LogP contribution is 2.23. The average molecular weight is 206 g/mol. The topological polar surface area (TPSA) is 34.1 Å². The van der Waals surface area contributed by atoms with Crippen LogP contribution in [0.1, 0.15) is 20.3 Å². The summed E-state index contributed by atoms with van der Waals surface area (Å²) < 4.78 is 0. The second-order valence-corrected chi connectivity index (χ2v) is 5.30. The Balaban J connectivity index is 3.10. The molecule has 12 heavy (non-hydrogen) atoms. The van der Waals surface area contributed by atoms with E-state index in [1.165, 1.54) is 0 Å². The van der Waals surface area contributed by atoms with Crippen molar-refractivity contribution in [3.05, 3.63) is 0 Å². The summed E-state index contributed by atoms with van der Waals surface area (Å²) in [6.07, 6.45) is 1.59.